The number of carbonyl (C=O) groups is 1. The van der Waals surface area contributed by atoms with E-state index in [9.17, 15) is 4.79 Å². The summed E-state index contributed by atoms with van der Waals surface area (Å²) in [6, 6.07) is 8.44. The van der Waals surface area contributed by atoms with Crippen molar-refractivity contribution >= 4 is 16.8 Å². The Hall–Kier alpha value is -1.77. The van der Waals surface area contributed by atoms with E-state index in [1.807, 2.05) is 13.8 Å². The van der Waals surface area contributed by atoms with Crippen LogP contribution in [0.4, 0.5) is 0 Å². The van der Waals surface area contributed by atoms with E-state index >= 15 is 0 Å². The SMILES string of the molecule is Cc1[nH]c2ccccc2c1C1(CNC(=O)C(C)C)CC1. The van der Waals surface area contributed by atoms with Crippen LogP contribution in [0.1, 0.15) is 37.9 Å². The number of fused-ring (bicyclic) bond motifs is 1. The smallest absolute Gasteiger partial charge is 0.222 e. The third-order valence-corrected chi connectivity index (χ3v) is 4.40. The molecule has 0 spiro atoms. The van der Waals surface area contributed by atoms with E-state index in [-0.39, 0.29) is 17.2 Å². The normalized spacial score (nSPS) is 16.6. The predicted molar refractivity (Wildman–Crippen MR) is 81.8 cm³/mol. The van der Waals surface area contributed by atoms with E-state index in [2.05, 4.69) is 41.5 Å². The molecule has 20 heavy (non-hydrogen) atoms. The van der Waals surface area contributed by atoms with Crippen molar-refractivity contribution in [2.45, 2.75) is 39.0 Å². The summed E-state index contributed by atoms with van der Waals surface area (Å²) in [7, 11) is 0. The quantitative estimate of drug-likeness (QED) is 0.880. The number of para-hydroxylation sites is 1. The molecule has 1 fully saturated rings. The molecule has 0 aliphatic heterocycles. The third-order valence-electron chi connectivity index (χ3n) is 4.40. The fourth-order valence-electron chi connectivity index (χ4n) is 3.09. The monoisotopic (exact) mass is 270 g/mol. The topological polar surface area (TPSA) is 44.9 Å². The second-order valence-electron chi connectivity index (χ2n) is 6.32. The second kappa shape index (κ2) is 4.65. The van der Waals surface area contributed by atoms with E-state index in [1.165, 1.54) is 22.2 Å². The fraction of sp³-hybridized carbons (Fsp3) is 0.471. The number of nitrogens with one attached hydrogen (secondary N) is 2. The summed E-state index contributed by atoms with van der Waals surface area (Å²) in [5.74, 6) is 0.198. The number of aryl methyl sites for hydroxylation is 1. The van der Waals surface area contributed by atoms with Gasteiger partial charge in [0.1, 0.15) is 0 Å². The lowest BCUT2D eigenvalue weighted by Crippen LogP contribution is -2.35. The number of hydrogen-bond acceptors (Lipinski definition) is 1. The summed E-state index contributed by atoms with van der Waals surface area (Å²) in [6.07, 6.45) is 2.32. The molecule has 106 valence electrons. The number of carbonyl (C=O) groups excluding carboxylic acids is 1. The molecule has 2 N–H and O–H groups in total. The molecule has 0 atom stereocenters. The molecule has 3 nitrogen and oxygen atoms in total. The number of aromatic amines is 1. The van der Waals surface area contributed by atoms with Gasteiger partial charge in [-0.15, -0.1) is 0 Å². The van der Waals surface area contributed by atoms with Gasteiger partial charge in [-0.05, 0) is 31.4 Å². The number of rotatable bonds is 4. The van der Waals surface area contributed by atoms with Crippen LogP contribution in [0.15, 0.2) is 24.3 Å². The van der Waals surface area contributed by atoms with Crippen LogP contribution >= 0.6 is 0 Å². The molecule has 2 aromatic rings. The van der Waals surface area contributed by atoms with Gasteiger partial charge in [0, 0.05) is 34.5 Å². The summed E-state index contributed by atoms with van der Waals surface area (Å²) in [5, 5.41) is 4.42. The maximum atomic E-state index is 11.8. The molecule has 1 aliphatic rings. The summed E-state index contributed by atoms with van der Waals surface area (Å²) in [4.78, 5) is 15.3. The summed E-state index contributed by atoms with van der Waals surface area (Å²) in [5.41, 5.74) is 3.98. The predicted octanol–water partition coefficient (Wildman–Crippen LogP) is 3.28. The Balaban J connectivity index is 1.90. The standard InChI is InChI=1S/C17H22N2O/c1-11(2)16(20)18-10-17(8-9-17)15-12(3)19-14-7-5-4-6-13(14)15/h4-7,11,19H,8-10H2,1-3H3,(H,18,20). The molecule has 1 aromatic carbocycles. The zero-order chi connectivity index (χ0) is 14.3. The van der Waals surface area contributed by atoms with E-state index < -0.39 is 0 Å². The zero-order valence-electron chi connectivity index (χ0n) is 12.4. The Morgan fingerprint density at radius 1 is 1.35 bits per heavy atom. The van der Waals surface area contributed by atoms with Gasteiger partial charge in [0.25, 0.3) is 0 Å². The average molecular weight is 270 g/mol. The van der Waals surface area contributed by atoms with Gasteiger partial charge in [-0.1, -0.05) is 32.0 Å². The van der Waals surface area contributed by atoms with Crippen molar-refractivity contribution in [3.8, 4) is 0 Å². The molecule has 1 aromatic heterocycles. The first-order chi connectivity index (χ1) is 9.53. The van der Waals surface area contributed by atoms with Crippen molar-refractivity contribution in [1.82, 2.24) is 10.3 Å². The summed E-state index contributed by atoms with van der Waals surface area (Å²) in [6.45, 7) is 6.77. The van der Waals surface area contributed by atoms with Crippen molar-refractivity contribution in [2.24, 2.45) is 5.92 Å². The van der Waals surface area contributed by atoms with Crippen LogP contribution in [-0.2, 0) is 10.2 Å². The number of aromatic nitrogens is 1. The van der Waals surface area contributed by atoms with Crippen molar-refractivity contribution in [1.29, 1.82) is 0 Å². The largest absolute Gasteiger partial charge is 0.358 e. The highest BCUT2D eigenvalue weighted by Crippen LogP contribution is 2.51. The first kappa shape index (κ1) is 13.2. The fourth-order valence-corrected chi connectivity index (χ4v) is 3.09. The molecule has 1 heterocycles. The molecule has 0 bridgehead atoms. The van der Waals surface area contributed by atoms with Crippen LogP contribution < -0.4 is 5.32 Å². The molecule has 1 saturated carbocycles. The Labute approximate surface area is 119 Å². The number of amides is 1. The van der Waals surface area contributed by atoms with Crippen LogP contribution in [0.2, 0.25) is 0 Å². The third kappa shape index (κ3) is 2.11. The minimum Gasteiger partial charge on any atom is -0.358 e. The lowest BCUT2D eigenvalue weighted by atomic mass is 9.92. The van der Waals surface area contributed by atoms with Crippen molar-refractivity contribution < 1.29 is 4.79 Å². The van der Waals surface area contributed by atoms with E-state index in [0.717, 1.165) is 19.4 Å². The molecule has 0 radical (unpaired) electrons. The van der Waals surface area contributed by atoms with Gasteiger partial charge in [-0.2, -0.15) is 0 Å². The first-order valence-electron chi connectivity index (χ1n) is 7.39. The number of H-pyrrole nitrogens is 1. The van der Waals surface area contributed by atoms with Gasteiger partial charge < -0.3 is 10.3 Å². The first-order valence-corrected chi connectivity index (χ1v) is 7.39. The highest BCUT2D eigenvalue weighted by atomic mass is 16.1. The molecular formula is C17H22N2O. The van der Waals surface area contributed by atoms with Gasteiger partial charge in [0.05, 0.1) is 0 Å². The molecular weight excluding hydrogens is 248 g/mol. The molecule has 3 rings (SSSR count). The van der Waals surface area contributed by atoms with Gasteiger partial charge in [-0.3, -0.25) is 4.79 Å². The lowest BCUT2D eigenvalue weighted by Gasteiger charge is -2.18. The molecule has 1 amide bonds. The molecule has 1 aliphatic carbocycles. The minimum absolute atomic E-state index is 0.0508. The number of benzene rings is 1. The number of hydrogen-bond donors (Lipinski definition) is 2. The molecule has 0 unspecified atom stereocenters. The van der Waals surface area contributed by atoms with Crippen LogP contribution in [0.5, 0.6) is 0 Å². The lowest BCUT2D eigenvalue weighted by molar-refractivity contribution is -0.124. The maximum absolute atomic E-state index is 11.8. The van der Waals surface area contributed by atoms with E-state index in [4.69, 9.17) is 0 Å². The van der Waals surface area contributed by atoms with Crippen LogP contribution in [0.25, 0.3) is 10.9 Å². The minimum atomic E-state index is 0.0508. The summed E-state index contributed by atoms with van der Waals surface area (Å²) >= 11 is 0. The summed E-state index contributed by atoms with van der Waals surface area (Å²) < 4.78 is 0. The Morgan fingerprint density at radius 3 is 2.70 bits per heavy atom. The van der Waals surface area contributed by atoms with Gasteiger partial charge in [0.15, 0.2) is 0 Å². The molecule has 0 saturated heterocycles. The Kier molecular flexibility index (Phi) is 3.08. The average Bonchev–Trinajstić information content (AvgIpc) is 3.11. The Bertz CT molecular complexity index is 650. The van der Waals surface area contributed by atoms with E-state index in [1.54, 1.807) is 0 Å². The van der Waals surface area contributed by atoms with Gasteiger partial charge >= 0.3 is 0 Å². The van der Waals surface area contributed by atoms with Gasteiger partial charge in [-0.25, -0.2) is 0 Å². The second-order valence-corrected chi connectivity index (χ2v) is 6.32. The van der Waals surface area contributed by atoms with Crippen LogP contribution in [-0.4, -0.2) is 17.4 Å². The van der Waals surface area contributed by atoms with Crippen LogP contribution in [0.3, 0.4) is 0 Å². The van der Waals surface area contributed by atoms with Crippen molar-refractivity contribution in [2.75, 3.05) is 6.54 Å². The maximum Gasteiger partial charge on any atom is 0.222 e. The van der Waals surface area contributed by atoms with E-state index in [0.29, 0.717) is 0 Å². The highest BCUT2D eigenvalue weighted by Gasteiger charge is 2.46. The zero-order valence-corrected chi connectivity index (χ0v) is 12.4. The Morgan fingerprint density at radius 2 is 2.05 bits per heavy atom. The van der Waals surface area contributed by atoms with Crippen molar-refractivity contribution in [3.05, 3.63) is 35.5 Å². The molecule has 3 heteroatoms. The highest BCUT2D eigenvalue weighted by molar-refractivity contribution is 5.86. The van der Waals surface area contributed by atoms with Crippen molar-refractivity contribution in [3.63, 3.8) is 0 Å². The van der Waals surface area contributed by atoms with Gasteiger partial charge in [0.2, 0.25) is 5.91 Å². The van der Waals surface area contributed by atoms with Crippen LogP contribution in [0, 0.1) is 12.8 Å².